The third-order valence-corrected chi connectivity index (χ3v) is 3.53. The number of para-hydroxylation sites is 1. The van der Waals surface area contributed by atoms with Gasteiger partial charge in [-0.1, -0.05) is 29.8 Å². The van der Waals surface area contributed by atoms with Gasteiger partial charge in [0, 0.05) is 22.6 Å². The molecule has 3 aromatic rings. The Bertz CT molecular complexity index is 841. The number of hydrazone groups is 1. The highest BCUT2D eigenvalue weighted by Gasteiger charge is 2.02. The van der Waals surface area contributed by atoms with Crippen LogP contribution in [0.3, 0.4) is 0 Å². The number of benzene rings is 2. The second-order valence-corrected chi connectivity index (χ2v) is 5.41. The maximum Gasteiger partial charge on any atom is 0.339 e. The monoisotopic (exact) mass is 338 g/mol. The van der Waals surface area contributed by atoms with Gasteiger partial charge in [-0.05, 0) is 48.5 Å². The highest BCUT2D eigenvalue weighted by Crippen LogP contribution is 2.15. The van der Waals surface area contributed by atoms with E-state index in [4.69, 9.17) is 11.6 Å². The molecule has 5 nitrogen and oxygen atoms in total. The van der Waals surface area contributed by atoms with E-state index < -0.39 is 6.03 Å². The zero-order chi connectivity index (χ0) is 16.8. The molecule has 0 unspecified atom stereocenters. The molecule has 6 heteroatoms. The first-order valence-corrected chi connectivity index (χ1v) is 7.68. The van der Waals surface area contributed by atoms with Gasteiger partial charge in [0.05, 0.1) is 11.9 Å². The van der Waals surface area contributed by atoms with Gasteiger partial charge in [0.2, 0.25) is 0 Å². The van der Waals surface area contributed by atoms with Crippen LogP contribution in [-0.4, -0.2) is 16.8 Å². The first-order chi connectivity index (χ1) is 11.7. The third kappa shape index (κ3) is 4.02. The molecule has 0 saturated heterocycles. The van der Waals surface area contributed by atoms with Crippen molar-refractivity contribution in [3.63, 3.8) is 0 Å². The molecular weight excluding hydrogens is 324 g/mol. The largest absolute Gasteiger partial charge is 0.339 e. The highest BCUT2D eigenvalue weighted by molar-refractivity contribution is 6.30. The number of halogens is 1. The Balaban J connectivity index is 1.64. The summed E-state index contributed by atoms with van der Waals surface area (Å²) in [7, 11) is 0. The normalized spacial score (nSPS) is 10.7. The number of carbonyl (C=O) groups is 1. The van der Waals surface area contributed by atoms with Crippen LogP contribution in [0.25, 0.3) is 5.69 Å². The lowest BCUT2D eigenvalue weighted by atomic mass is 10.3. The van der Waals surface area contributed by atoms with Crippen LogP contribution in [0.1, 0.15) is 5.69 Å². The molecule has 2 amide bonds. The molecule has 2 N–H and O–H groups in total. The molecule has 0 aliphatic carbocycles. The number of nitrogens with zero attached hydrogens (tertiary/aromatic N) is 2. The number of hydrogen-bond acceptors (Lipinski definition) is 2. The van der Waals surface area contributed by atoms with Gasteiger partial charge in [-0.15, -0.1) is 0 Å². The number of nitrogens with one attached hydrogen (secondary N) is 2. The Morgan fingerprint density at radius 3 is 2.50 bits per heavy atom. The molecule has 0 radical (unpaired) electrons. The average molecular weight is 339 g/mol. The lowest BCUT2D eigenvalue weighted by Gasteiger charge is -2.06. The van der Waals surface area contributed by atoms with Gasteiger partial charge < -0.3 is 9.88 Å². The Labute approximate surface area is 144 Å². The second-order valence-electron chi connectivity index (χ2n) is 4.97. The minimum absolute atomic E-state index is 0.401. The van der Waals surface area contributed by atoms with E-state index in [9.17, 15) is 4.79 Å². The van der Waals surface area contributed by atoms with Crippen molar-refractivity contribution < 1.29 is 4.79 Å². The minimum atomic E-state index is -0.401. The summed E-state index contributed by atoms with van der Waals surface area (Å²) in [5.41, 5.74) is 4.93. The molecule has 120 valence electrons. The van der Waals surface area contributed by atoms with Crippen LogP contribution in [0, 0.1) is 0 Å². The Morgan fingerprint density at radius 1 is 1.00 bits per heavy atom. The molecule has 0 atom stereocenters. The van der Waals surface area contributed by atoms with Crippen LogP contribution in [0.4, 0.5) is 10.5 Å². The van der Waals surface area contributed by atoms with Crippen LogP contribution in [0.2, 0.25) is 5.02 Å². The molecule has 0 bridgehead atoms. The van der Waals surface area contributed by atoms with Crippen LogP contribution in [-0.2, 0) is 0 Å². The molecule has 0 aliphatic rings. The number of urea groups is 1. The molecule has 0 spiro atoms. The summed E-state index contributed by atoms with van der Waals surface area (Å²) >= 11 is 5.91. The summed E-state index contributed by atoms with van der Waals surface area (Å²) in [6.45, 7) is 0. The van der Waals surface area contributed by atoms with Crippen molar-refractivity contribution in [2.24, 2.45) is 5.10 Å². The van der Waals surface area contributed by atoms with Gasteiger partial charge in [-0.3, -0.25) is 0 Å². The molecular formula is C18H15ClN4O. The maximum absolute atomic E-state index is 11.8. The summed E-state index contributed by atoms with van der Waals surface area (Å²) in [6.07, 6.45) is 3.49. The van der Waals surface area contributed by atoms with E-state index in [-0.39, 0.29) is 0 Å². The number of amides is 2. The van der Waals surface area contributed by atoms with Crippen molar-refractivity contribution in [3.05, 3.63) is 83.6 Å². The number of rotatable bonds is 4. The Kier molecular flexibility index (Phi) is 4.93. The summed E-state index contributed by atoms with van der Waals surface area (Å²) < 4.78 is 1.94. The van der Waals surface area contributed by atoms with Crippen molar-refractivity contribution in [2.75, 3.05) is 5.32 Å². The minimum Gasteiger partial charge on any atom is -0.316 e. The van der Waals surface area contributed by atoms with E-state index >= 15 is 0 Å². The van der Waals surface area contributed by atoms with Crippen LogP contribution in [0.5, 0.6) is 0 Å². The number of hydrogen-bond donors (Lipinski definition) is 2. The zero-order valence-corrected chi connectivity index (χ0v) is 13.4. The maximum atomic E-state index is 11.8. The Hall–Kier alpha value is -3.05. The standard InChI is InChI=1S/C18H15ClN4O/c19-14-8-10-16(11-9-14)23-12-4-7-17(23)13-20-22-18(24)21-15-5-2-1-3-6-15/h1-13H,(H2,21,22,24)/b20-13+. The van der Waals surface area contributed by atoms with E-state index in [1.807, 2.05) is 65.4 Å². The summed E-state index contributed by atoms with van der Waals surface area (Å²) in [4.78, 5) is 11.8. The molecule has 1 aromatic heterocycles. The van der Waals surface area contributed by atoms with E-state index in [0.29, 0.717) is 10.7 Å². The van der Waals surface area contributed by atoms with Crippen molar-refractivity contribution in [3.8, 4) is 5.69 Å². The van der Waals surface area contributed by atoms with Crippen LogP contribution < -0.4 is 10.7 Å². The molecule has 0 fully saturated rings. The van der Waals surface area contributed by atoms with Crippen molar-refractivity contribution in [1.29, 1.82) is 0 Å². The molecule has 0 saturated carbocycles. The van der Waals surface area contributed by atoms with Gasteiger partial charge in [-0.25, -0.2) is 10.2 Å². The van der Waals surface area contributed by atoms with Gasteiger partial charge in [0.1, 0.15) is 0 Å². The highest BCUT2D eigenvalue weighted by atomic mass is 35.5. The first-order valence-electron chi connectivity index (χ1n) is 7.31. The van der Waals surface area contributed by atoms with Crippen molar-refractivity contribution in [1.82, 2.24) is 9.99 Å². The zero-order valence-electron chi connectivity index (χ0n) is 12.7. The van der Waals surface area contributed by atoms with Crippen molar-refractivity contribution in [2.45, 2.75) is 0 Å². The fraction of sp³-hybridized carbons (Fsp3) is 0. The third-order valence-electron chi connectivity index (χ3n) is 3.28. The van der Waals surface area contributed by atoms with E-state index in [1.54, 1.807) is 18.3 Å². The first kappa shape index (κ1) is 15.8. The van der Waals surface area contributed by atoms with Crippen LogP contribution >= 0.6 is 11.6 Å². The predicted octanol–water partition coefficient (Wildman–Crippen LogP) is 4.29. The number of anilines is 1. The number of carbonyl (C=O) groups excluding carboxylic acids is 1. The fourth-order valence-electron chi connectivity index (χ4n) is 2.17. The van der Waals surface area contributed by atoms with Gasteiger partial charge in [-0.2, -0.15) is 5.10 Å². The average Bonchev–Trinajstić information content (AvgIpc) is 3.05. The number of aromatic nitrogens is 1. The van der Waals surface area contributed by atoms with E-state index in [0.717, 1.165) is 11.4 Å². The second kappa shape index (κ2) is 7.48. The molecule has 3 rings (SSSR count). The van der Waals surface area contributed by atoms with Crippen LogP contribution in [0.15, 0.2) is 78.0 Å². The van der Waals surface area contributed by atoms with Gasteiger partial charge >= 0.3 is 6.03 Å². The molecule has 24 heavy (non-hydrogen) atoms. The SMILES string of the molecule is O=C(N/N=C/c1cccn1-c1ccc(Cl)cc1)Nc1ccccc1. The van der Waals surface area contributed by atoms with E-state index in [2.05, 4.69) is 15.8 Å². The van der Waals surface area contributed by atoms with Gasteiger partial charge in [0.25, 0.3) is 0 Å². The fourth-order valence-corrected chi connectivity index (χ4v) is 2.30. The summed E-state index contributed by atoms with van der Waals surface area (Å²) in [5, 5.41) is 7.35. The topological polar surface area (TPSA) is 58.4 Å². The van der Waals surface area contributed by atoms with E-state index in [1.165, 1.54) is 0 Å². The molecule has 0 aliphatic heterocycles. The lowest BCUT2D eigenvalue weighted by Crippen LogP contribution is -2.24. The summed E-state index contributed by atoms with van der Waals surface area (Å²) in [6, 6.07) is 20.0. The van der Waals surface area contributed by atoms with Crippen molar-refractivity contribution >= 4 is 29.5 Å². The Morgan fingerprint density at radius 2 is 1.75 bits per heavy atom. The summed E-state index contributed by atoms with van der Waals surface area (Å²) in [5.74, 6) is 0. The molecule has 2 aromatic carbocycles. The van der Waals surface area contributed by atoms with Gasteiger partial charge in [0.15, 0.2) is 0 Å². The molecule has 1 heterocycles. The quantitative estimate of drug-likeness (QED) is 0.541. The smallest absolute Gasteiger partial charge is 0.316 e. The predicted molar refractivity (Wildman–Crippen MR) is 97.0 cm³/mol. The lowest BCUT2D eigenvalue weighted by molar-refractivity contribution is 0.252.